The van der Waals surface area contributed by atoms with Crippen LogP contribution in [0.1, 0.15) is 13.8 Å². The van der Waals surface area contributed by atoms with Gasteiger partial charge in [-0.3, -0.25) is 9.59 Å². The van der Waals surface area contributed by atoms with Crippen molar-refractivity contribution >= 4 is 21.7 Å². The minimum absolute atomic E-state index is 0.0795. The Morgan fingerprint density at radius 2 is 1.61 bits per heavy atom. The number of carbonyl (C=O) groups excluding carboxylic acids is 2. The highest BCUT2D eigenvalue weighted by atomic mass is 32.2. The largest absolute Gasteiger partial charge is 0.339 e. The van der Waals surface area contributed by atoms with Gasteiger partial charge >= 0.3 is 0 Å². The van der Waals surface area contributed by atoms with Crippen LogP contribution in [-0.2, 0) is 19.4 Å². The quantitative estimate of drug-likeness (QED) is 0.809. The fourth-order valence-corrected chi connectivity index (χ4v) is 3.90. The second-order valence-electron chi connectivity index (χ2n) is 5.45. The topological polar surface area (TPSA) is 74.8 Å². The number of sulfone groups is 1. The average Bonchev–Trinajstić information content (AvgIpc) is 2.53. The maximum absolute atomic E-state index is 13.7. The molecule has 0 radical (unpaired) electrons. The van der Waals surface area contributed by atoms with E-state index in [1.54, 1.807) is 4.90 Å². The van der Waals surface area contributed by atoms with Gasteiger partial charge in [-0.25, -0.2) is 12.8 Å². The first-order valence-electron chi connectivity index (χ1n) is 7.28. The molecule has 1 aliphatic heterocycles. The summed E-state index contributed by atoms with van der Waals surface area (Å²) < 4.78 is 38.7. The van der Waals surface area contributed by atoms with Gasteiger partial charge in [-0.2, -0.15) is 0 Å². The molecule has 6 nitrogen and oxygen atoms in total. The Morgan fingerprint density at radius 3 is 2.13 bits per heavy atom. The summed E-state index contributed by atoms with van der Waals surface area (Å²) in [7, 11) is -4.09. The number of hydrogen-bond donors (Lipinski definition) is 0. The van der Waals surface area contributed by atoms with Crippen molar-refractivity contribution in [3.63, 3.8) is 0 Å². The van der Waals surface area contributed by atoms with Crippen LogP contribution in [0.4, 0.5) is 4.39 Å². The molecule has 1 fully saturated rings. The molecule has 0 saturated carbocycles. The number of amides is 2. The molecule has 1 atom stereocenters. The van der Waals surface area contributed by atoms with Crippen molar-refractivity contribution < 1.29 is 22.4 Å². The Balaban J connectivity index is 2.14. The van der Waals surface area contributed by atoms with E-state index in [4.69, 9.17) is 0 Å². The SMILES string of the molecule is CC(=O)N1CCN(C(=O)[C@@H](C)S(=O)(=O)c2ccccc2F)CC1. The number of nitrogens with zero attached hydrogens (tertiary/aromatic N) is 2. The van der Waals surface area contributed by atoms with Crippen LogP contribution in [0.15, 0.2) is 29.2 Å². The fourth-order valence-electron chi connectivity index (χ4n) is 2.50. The lowest BCUT2D eigenvalue weighted by molar-refractivity contribution is -0.137. The zero-order valence-electron chi connectivity index (χ0n) is 13.0. The van der Waals surface area contributed by atoms with E-state index in [2.05, 4.69) is 0 Å². The smallest absolute Gasteiger partial charge is 0.241 e. The third-order valence-corrected chi connectivity index (χ3v) is 6.07. The Morgan fingerprint density at radius 1 is 1.09 bits per heavy atom. The Hall–Kier alpha value is -1.96. The molecule has 0 spiro atoms. The highest BCUT2D eigenvalue weighted by molar-refractivity contribution is 7.92. The zero-order chi connectivity index (χ0) is 17.2. The lowest BCUT2D eigenvalue weighted by Crippen LogP contribution is -2.53. The molecule has 0 bridgehead atoms. The second-order valence-corrected chi connectivity index (χ2v) is 7.69. The van der Waals surface area contributed by atoms with E-state index in [0.29, 0.717) is 13.1 Å². The van der Waals surface area contributed by atoms with Crippen molar-refractivity contribution in [1.29, 1.82) is 0 Å². The summed E-state index contributed by atoms with van der Waals surface area (Å²) in [5.74, 6) is -1.52. The molecular weight excluding hydrogens is 323 g/mol. The minimum atomic E-state index is -4.09. The minimum Gasteiger partial charge on any atom is -0.339 e. The molecule has 1 aliphatic rings. The predicted molar refractivity (Wildman–Crippen MR) is 81.9 cm³/mol. The number of benzene rings is 1. The van der Waals surface area contributed by atoms with E-state index in [9.17, 15) is 22.4 Å². The summed E-state index contributed by atoms with van der Waals surface area (Å²) in [4.78, 5) is 26.2. The summed E-state index contributed by atoms with van der Waals surface area (Å²) in [5.41, 5.74) is 0. The zero-order valence-corrected chi connectivity index (χ0v) is 13.8. The number of rotatable bonds is 3. The highest BCUT2D eigenvalue weighted by Crippen LogP contribution is 2.21. The van der Waals surface area contributed by atoms with Crippen LogP contribution in [-0.4, -0.2) is 61.5 Å². The number of piperazine rings is 1. The van der Waals surface area contributed by atoms with Crippen LogP contribution in [0.3, 0.4) is 0 Å². The van der Waals surface area contributed by atoms with Crippen LogP contribution in [0, 0.1) is 5.82 Å². The third-order valence-electron chi connectivity index (χ3n) is 3.99. The molecule has 2 rings (SSSR count). The number of halogens is 1. The van der Waals surface area contributed by atoms with Gasteiger partial charge in [0.1, 0.15) is 16.0 Å². The van der Waals surface area contributed by atoms with Crippen molar-refractivity contribution in [3.8, 4) is 0 Å². The molecule has 1 saturated heterocycles. The van der Waals surface area contributed by atoms with Gasteiger partial charge in [0.2, 0.25) is 11.8 Å². The van der Waals surface area contributed by atoms with Gasteiger partial charge in [-0.1, -0.05) is 12.1 Å². The molecule has 8 heteroatoms. The van der Waals surface area contributed by atoms with Gasteiger partial charge in [-0.15, -0.1) is 0 Å². The number of carbonyl (C=O) groups is 2. The summed E-state index contributed by atoms with van der Waals surface area (Å²) in [6.07, 6.45) is 0. The van der Waals surface area contributed by atoms with Gasteiger partial charge < -0.3 is 9.80 Å². The Bertz CT molecular complexity index is 712. The first-order chi connectivity index (χ1) is 10.7. The predicted octanol–water partition coefficient (Wildman–Crippen LogP) is 0.679. The van der Waals surface area contributed by atoms with Crippen LogP contribution in [0.5, 0.6) is 0 Å². The van der Waals surface area contributed by atoms with Gasteiger partial charge in [0.05, 0.1) is 0 Å². The number of hydrogen-bond acceptors (Lipinski definition) is 4. The average molecular weight is 342 g/mol. The molecule has 0 N–H and O–H groups in total. The van der Waals surface area contributed by atoms with E-state index in [-0.39, 0.29) is 19.0 Å². The highest BCUT2D eigenvalue weighted by Gasteiger charge is 2.35. The summed E-state index contributed by atoms with van der Waals surface area (Å²) in [5, 5.41) is -1.37. The molecule has 1 heterocycles. The molecule has 126 valence electrons. The molecule has 0 aromatic heterocycles. The Labute approximate surface area is 134 Å². The van der Waals surface area contributed by atoms with Gasteiger partial charge in [0.25, 0.3) is 0 Å². The van der Waals surface area contributed by atoms with E-state index < -0.39 is 31.7 Å². The van der Waals surface area contributed by atoms with Crippen molar-refractivity contribution in [2.24, 2.45) is 0 Å². The van der Waals surface area contributed by atoms with Crippen molar-refractivity contribution in [2.45, 2.75) is 24.0 Å². The van der Waals surface area contributed by atoms with E-state index >= 15 is 0 Å². The standard InChI is InChI=1S/C15H19FN2O4S/c1-11(23(21,22)14-6-4-3-5-13(14)16)15(20)18-9-7-17(8-10-18)12(2)19/h3-6,11H,7-10H2,1-2H3/t11-/m1/s1. The third kappa shape index (κ3) is 3.52. The van der Waals surface area contributed by atoms with Gasteiger partial charge in [0, 0.05) is 33.1 Å². The summed E-state index contributed by atoms with van der Waals surface area (Å²) in [6, 6.07) is 5.01. The molecule has 1 aromatic rings. The monoisotopic (exact) mass is 342 g/mol. The van der Waals surface area contributed by atoms with Crippen molar-refractivity contribution in [1.82, 2.24) is 9.80 Å². The molecule has 0 unspecified atom stereocenters. The first-order valence-corrected chi connectivity index (χ1v) is 8.82. The lowest BCUT2D eigenvalue weighted by atomic mass is 10.3. The van der Waals surface area contributed by atoms with Gasteiger partial charge in [-0.05, 0) is 19.1 Å². The van der Waals surface area contributed by atoms with E-state index in [0.717, 1.165) is 12.1 Å². The summed E-state index contributed by atoms with van der Waals surface area (Å²) in [6.45, 7) is 4.00. The Kier molecular flexibility index (Phi) is 5.03. The molecule has 0 aliphatic carbocycles. The van der Waals surface area contributed by atoms with Crippen molar-refractivity contribution in [2.75, 3.05) is 26.2 Å². The van der Waals surface area contributed by atoms with E-state index in [1.807, 2.05) is 0 Å². The molecule has 2 amide bonds. The first kappa shape index (κ1) is 17.4. The lowest BCUT2D eigenvalue weighted by Gasteiger charge is -2.35. The van der Waals surface area contributed by atoms with E-state index in [1.165, 1.54) is 30.9 Å². The van der Waals surface area contributed by atoms with Crippen LogP contribution >= 0.6 is 0 Å². The van der Waals surface area contributed by atoms with Crippen LogP contribution in [0.2, 0.25) is 0 Å². The van der Waals surface area contributed by atoms with Gasteiger partial charge in [0.15, 0.2) is 9.84 Å². The molecule has 1 aromatic carbocycles. The van der Waals surface area contributed by atoms with Crippen molar-refractivity contribution in [3.05, 3.63) is 30.1 Å². The second kappa shape index (κ2) is 6.66. The molecular formula is C15H19FN2O4S. The fraction of sp³-hybridized carbons (Fsp3) is 0.467. The van der Waals surface area contributed by atoms with Crippen LogP contribution < -0.4 is 0 Å². The molecule has 23 heavy (non-hydrogen) atoms. The summed E-state index contributed by atoms with van der Waals surface area (Å²) >= 11 is 0. The maximum atomic E-state index is 13.7. The normalized spacial score (nSPS) is 17.0. The maximum Gasteiger partial charge on any atom is 0.241 e. The van der Waals surface area contributed by atoms with Crippen LogP contribution in [0.25, 0.3) is 0 Å².